The zero-order valence-corrected chi connectivity index (χ0v) is 18.3. The van der Waals surface area contributed by atoms with Crippen LogP contribution in [0.15, 0.2) is 24.4 Å². The first-order chi connectivity index (χ1) is 15.2. The van der Waals surface area contributed by atoms with Gasteiger partial charge in [0.15, 0.2) is 11.5 Å². The number of methoxy groups -OCH3 is 2. The number of pyridine rings is 2. The molecule has 0 amide bonds. The number of nitrogens with one attached hydrogen (secondary N) is 1. The Balaban J connectivity index is 1.61. The first-order valence-electron chi connectivity index (χ1n) is 10.8. The topological polar surface area (TPSA) is 94.8 Å². The number of ether oxygens (including phenoxy) is 3. The lowest BCUT2D eigenvalue weighted by molar-refractivity contribution is 0.144. The van der Waals surface area contributed by atoms with Gasteiger partial charge in [0, 0.05) is 48.6 Å². The smallest absolute Gasteiger partial charge is 0.163 e. The van der Waals surface area contributed by atoms with Gasteiger partial charge in [-0.25, -0.2) is 4.98 Å². The molecule has 3 N–H and O–H groups in total. The van der Waals surface area contributed by atoms with Crippen molar-refractivity contribution in [2.24, 2.45) is 0 Å². The molecule has 1 aromatic carbocycles. The number of benzene rings is 1. The monoisotopic (exact) mass is 425 g/mol. The molecule has 166 valence electrons. The van der Waals surface area contributed by atoms with Gasteiger partial charge < -0.3 is 30.2 Å². The van der Waals surface area contributed by atoms with Gasteiger partial charge in [-0.1, -0.05) is 6.42 Å². The molecule has 31 heavy (non-hydrogen) atoms. The van der Waals surface area contributed by atoms with E-state index in [1.165, 1.54) is 32.4 Å². The normalized spacial score (nSPS) is 14.8. The van der Waals surface area contributed by atoms with Crippen LogP contribution in [0.5, 0.6) is 11.5 Å². The van der Waals surface area contributed by atoms with E-state index >= 15 is 0 Å². The van der Waals surface area contributed by atoms with Gasteiger partial charge >= 0.3 is 0 Å². The highest BCUT2D eigenvalue weighted by atomic mass is 16.5. The molecule has 0 spiro atoms. The maximum absolute atomic E-state index is 6.27. The minimum absolute atomic E-state index is 0.438. The second kappa shape index (κ2) is 9.98. The molecule has 1 aliphatic heterocycles. The minimum Gasteiger partial charge on any atom is -0.493 e. The Morgan fingerprint density at radius 3 is 2.61 bits per heavy atom. The number of rotatable bonds is 9. The molecule has 0 unspecified atom stereocenters. The third-order valence-electron chi connectivity index (χ3n) is 5.72. The predicted octanol–water partition coefficient (Wildman–Crippen LogP) is 3.30. The van der Waals surface area contributed by atoms with E-state index in [1.807, 2.05) is 18.2 Å². The van der Waals surface area contributed by atoms with Crippen LogP contribution in [-0.4, -0.2) is 68.5 Å². The average molecular weight is 426 g/mol. The molecule has 3 aromatic rings. The molecule has 0 aliphatic carbocycles. The van der Waals surface area contributed by atoms with E-state index < -0.39 is 0 Å². The van der Waals surface area contributed by atoms with Crippen LogP contribution in [0.2, 0.25) is 0 Å². The Hall–Kier alpha value is -2.84. The van der Waals surface area contributed by atoms with E-state index in [1.54, 1.807) is 20.4 Å². The van der Waals surface area contributed by atoms with Gasteiger partial charge in [0.05, 0.1) is 19.2 Å². The number of nitrogens with zero attached hydrogens (tertiary/aromatic N) is 3. The summed E-state index contributed by atoms with van der Waals surface area (Å²) in [5.41, 5.74) is 7.08. The van der Waals surface area contributed by atoms with Crippen LogP contribution in [0.3, 0.4) is 0 Å². The first-order valence-corrected chi connectivity index (χ1v) is 10.8. The molecule has 1 fully saturated rings. The van der Waals surface area contributed by atoms with Gasteiger partial charge in [-0.2, -0.15) is 0 Å². The van der Waals surface area contributed by atoms with E-state index in [-0.39, 0.29) is 0 Å². The largest absolute Gasteiger partial charge is 0.493 e. The van der Waals surface area contributed by atoms with Crippen LogP contribution >= 0.6 is 0 Å². The average Bonchev–Trinajstić information content (AvgIpc) is 2.79. The third-order valence-corrected chi connectivity index (χ3v) is 5.72. The van der Waals surface area contributed by atoms with Gasteiger partial charge in [0.25, 0.3) is 0 Å². The number of anilines is 2. The summed E-state index contributed by atoms with van der Waals surface area (Å²) in [4.78, 5) is 11.6. The molecule has 0 radical (unpaired) electrons. The van der Waals surface area contributed by atoms with Crippen molar-refractivity contribution in [1.82, 2.24) is 14.9 Å². The van der Waals surface area contributed by atoms with Gasteiger partial charge in [-0.05, 0) is 38.1 Å². The van der Waals surface area contributed by atoms with Crippen molar-refractivity contribution in [3.8, 4) is 11.5 Å². The number of hydrogen-bond donors (Lipinski definition) is 2. The molecule has 0 atom stereocenters. The van der Waals surface area contributed by atoms with Crippen molar-refractivity contribution in [2.75, 3.05) is 64.7 Å². The summed E-state index contributed by atoms with van der Waals surface area (Å²) in [5.74, 6) is 2.52. The van der Waals surface area contributed by atoms with E-state index in [2.05, 4.69) is 20.2 Å². The Kier molecular flexibility index (Phi) is 6.89. The van der Waals surface area contributed by atoms with Gasteiger partial charge in [0.2, 0.25) is 0 Å². The lowest BCUT2D eigenvalue weighted by Gasteiger charge is -2.26. The number of hydrogen-bond acceptors (Lipinski definition) is 8. The quantitative estimate of drug-likeness (QED) is 0.398. The molecular formula is C23H31N5O3. The van der Waals surface area contributed by atoms with Crippen molar-refractivity contribution in [3.05, 3.63) is 24.4 Å². The third kappa shape index (κ3) is 4.91. The summed E-state index contributed by atoms with van der Waals surface area (Å²) in [5, 5.41) is 6.20. The van der Waals surface area contributed by atoms with Crippen molar-refractivity contribution in [1.29, 1.82) is 0 Å². The fourth-order valence-corrected chi connectivity index (χ4v) is 4.06. The Morgan fingerprint density at radius 1 is 1.00 bits per heavy atom. The molecule has 3 heterocycles. The van der Waals surface area contributed by atoms with Crippen molar-refractivity contribution in [2.45, 2.75) is 19.3 Å². The summed E-state index contributed by atoms with van der Waals surface area (Å²) >= 11 is 0. The number of fused-ring (bicyclic) bond motifs is 3. The maximum Gasteiger partial charge on any atom is 0.163 e. The molecule has 2 aromatic heterocycles. The lowest BCUT2D eigenvalue weighted by atomic mass is 10.1. The zero-order chi connectivity index (χ0) is 21.6. The van der Waals surface area contributed by atoms with E-state index in [9.17, 15) is 0 Å². The van der Waals surface area contributed by atoms with Gasteiger partial charge in [0.1, 0.15) is 18.2 Å². The fraction of sp³-hybridized carbons (Fsp3) is 0.478. The number of nitrogens with two attached hydrogens (primary N) is 1. The van der Waals surface area contributed by atoms with Crippen LogP contribution in [0.1, 0.15) is 19.3 Å². The molecule has 4 rings (SSSR count). The van der Waals surface area contributed by atoms with Crippen LogP contribution < -0.4 is 20.5 Å². The van der Waals surface area contributed by atoms with Crippen molar-refractivity contribution < 1.29 is 14.2 Å². The van der Waals surface area contributed by atoms with Crippen molar-refractivity contribution in [3.63, 3.8) is 0 Å². The summed E-state index contributed by atoms with van der Waals surface area (Å²) in [6.07, 6.45) is 5.69. The minimum atomic E-state index is 0.438. The van der Waals surface area contributed by atoms with Crippen molar-refractivity contribution >= 4 is 33.3 Å². The zero-order valence-electron chi connectivity index (χ0n) is 18.3. The van der Waals surface area contributed by atoms with Crippen LogP contribution in [0.4, 0.5) is 11.6 Å². The Bertz CT molecular complexity index is 1040. The van der Waals surface area contributed by atoms with E-state index in [0.29, 0.717) is 30.5 Å². The highest BCUT2D eigenvalue weighted by Gasteiger charge is 2.14. The van der Waals surface area contributed by atoms with Crippen LogP contribution in [0, 0.1) is 0 Å². The molecule has 1 saturated heterocycles. The Labute approximate surface area is 182 Å². The van der Waals surface area contributed by atoms with Gasteiger partial charge in [-0.15, -0.1) is 0 Å². The first kappa shape index (κ1) is 21.4. The van der Waals surface area contributed by atoms with E-state index in [0.717, 1.165) is 40.6 Å². The number of aromatic nitrogens is 2. The highest BCUT2D eigenvalue weighted by molar-refractivity contribution is 6.10. The molecule has 8 heteroatoms. The van der Waals surface area contributed by atoms with Crippen LogP contribution in [0.25, 0.3) is 21.7 Å². The van der Waals surface area contributed by atoms with Gasteiger partial charge in [-0.3, -0.25) is 4.98 Å². The molecule has 0 saturated carbocycles. The summed E-state index contributed by atoms with van der Waals surface area (Å²) in [7, 11) is 3.28. The lowest BCUT2D eigenvalue weighted by Crippen LogP contribution is -2.33. The second-order valence-corrected chi connectivity index (χ2v) is 7.80. The SMILES string of the molecule is COCCOc1cc2ncc3c(N)nc(NCCN4CCCCC4)cc3c2cc1OC. The standard InChI is InChI=1S/C23H31N5O3/c1-29-10-11-31-21-14-19-17(12-20(21)30-2)16-13-22(27-23(24)18(16)15-26-19)25-6-9-28-7-4-3-5-8-28/h12-15H,3-11H2,1-2H3,(H3,24,25,27). The molecule has 0 bridgehead atoms. The fourth-order valence-electron chi connectivity index (χ4n) is 4.06. The summed E-state index contributed by atoms with van der Waals surface area (Å²) in [6, 6.07) is 5.88. The number of nitrogen functional groups attached to an aromatic ring is 1. The number of likely N-dealkylation sites (tertiary alicyclic amines) is 1. The summed E-state index contributed by atoms with van der Waals surface area (Å²) in [6.45, 7) is 5.14. The second-order valence-electron chi connectivity index (χ2n) is 7.80. The Morgan fingerprint density at radius 2 is 1.84 bits per heavy atom. The van der Waals surface area contributed by atoms with E-state index in [4.69, 9.17) is 19.9 Å². The van der Waals surface area contributed by atoms with Crippen LogP contribution in [-0.2, 0) is 4.74 Å². The predicted molar refractivity (Wildman–Crippen MR) is 124 cm³/mol. The molecule has 1 aliphatic rings. The summed E-state index contributed by atoms with van der Waals surface area (Å²) < 4.78 is 16.4. The molecular weight excluding hydrogens is 394 g/mol. The number of piperidine rings is 1. The highest BCUT2D eigenvalue weighted by Crippen LogP contribution is 2.36. The molecule has 8 nitrogen and oxygen atoms in total. The maximum atomic E-state index is 6.27.